The first-order chi connectivity index (χ1) is 14.3. The fraction of sp³-hybridized carbons (Fsp3) is 0.421. The normalized spacial score (nSPS) is 20.0. The third kappa shape index (κ3) is 3.46. The zero-order chi connectivity index (χ0) is 21.6. The van der Waals surface area contributed by atoms with Crippen LogP contribution in [0, 0.1) is 5.82 Å². The molecule has 11 heteroatoms. The van der Waals surface area contributed by atoms with Crippen LogP contribution in [-0.4, -0.2) is 58.5 Å². The van der Waals surface area contributed by atoms with Crippen LogP contribution in [0.2, 0.25) is 0 Å². The van der Waals surface area contributed by atoms with Crippen molar-refractivity contribution in [3.8, 4) is 0 Å². The Morgan fingerprint density at radius 3 is 2.73 bits per heavy atom. The number of carbonyl (C=O) groups excluding carboxylic acids is 1. The summed E-state index contributed by atoms with van der Waals surface area (Å²) >= 11 is 0. The van der Waals surface area contributed by atoms with E-state index >= 15 is 0 Å². The first-order valence-electron chi connectivity index (χ1n) is 9.40. The molecule has 1 atom stereocenters. The fourth-order valence-electron chi connectivity index (χ4n) is 3.68. The maximum absolute atomic E-state index is 15.0. The maximum atomic E-state index is 15.0. The molecule has 1 unspecified atom stereocenters. The van der Waals surface area contributed by atoms with Gasteiger partial charge in [-0.3, -0.25) is 9.59 Å². The number of halogens is 1. The van der Waals surface area contributed by atoms with Crippen molar-refractivity contribution in [1.82, 2.24) is 14.9 Å². The van der Waals surface area contributed by atoms with Gasteiger partial charge in [0.1, 0.15) is 24.0 Å². The molecule has 1 saturated heterocycles. The minimum atomic E-state index is -1.36. The van der Waals surface area contributed by atoms with E-state index in [1.54, 1.807) is 9.47 Å². The van der Waals surface area contributed by atoms with Gasteiger partial charge in [0.2, 0.25) is 11.3 Å². The SMILES string of the molecule is CO/N=C1\CN(c2nc3c(cc2F)c(=O)c(C(=O)O)cn3C2CC2)CC1NC(C)=O. The molecule has 1 aliphatic carbocycles. The average Bonchev–Trinajstić information content (AvgIpc) is 3.44. The first kappa shape index (κ1) is 19.8. The maximum Gasteiger partial charge on any atom is 0.341 e. The summed E-state index contributed by atoms with van der Waals surface area (Å²) < 4.78 is 16.6. The number of pyridine rings is 2. The van der Waals surface area contributed by atoms with E-state index in [-0.39, 0.29) is 41.9 Å². The summed E-state index contributed by atoms with van der Waals surface area (Å²) in [5.41, 5.74) is -0.441. The number of oxime groups is 1. The van der Waals surface area contributed by atoms with Crippen molar-refractivity contribution in [3.05, 3.63) is 33.9 Å². The molecule has 2 aliphatic rings. The minimum absolute atomic E-state index is 0.00368. The van der Waals surface area contributed by atoms with E-state index in [1.165, 1.54) is 20.2 Å². The van der Waals surface area contributed by atoms with Crippen molar-refractivity contribution in [2.75, 3.05) is 25.1 Å². The molecule has 2 aromatic heterocycles. The summed E-state index contributed by atoms with van der Waals surface area (Å²) in [6.45, 7) is 1.77. The Morgan fingerprint density at radius 2 is 2.13 bits per heavy atom. The molecule has 158 valence electrons. The number of nitrogens with one attached hydrogen (secondary N) is 1. The molecule has 4 rings (SSSR count). The Labute approximate surface area is 169 Å². The summed E-state index contributed by atoms with van der Waals surface area (Å²) in [7, 11) is 1.38. The standard InChI is InChI=1S/C19H20FN5O5/c1-9(26)21-14-7-24(8-15(14)23-30-2)18-13(20)5-11-16(27)12(19(28)29)6-25(10-3-4-10)17(11)22-18/h5-6,10,14H,3-4,7-8H2,1-2H3,(H,21,26)(H,28,29)/b23-15+. The topological polar surface area (TPSA) is 126 Å². The third-order valence-corrected chi connectivity index (χ3v) is 5.15. The van der Waals surface area contributed by atoms with Gasteiger partial charge in [0.15, 0.2) is 11.6 Å². The quantitative estimate of drug-likeness (QED) is 0.692. The van der Waals surface area contributed by atoms with Crippen LogP contribution in [0.15, 0.2) is 22.2 Å². The number of aromatic carboxylic acids is 1. The van der Waals surface area contributed by atoms with Gasteiger partial charge in [-0.1, -0.05) is 5.16 Å². The molecule has 1 aliphatic heterocycles. The number of hydrogen-bond acceptors (Lipinski definition) is 7. The number of nitrogens with zero attached hydrogens (tertiary/aromatic N) is 4. The summed E-state index contributed by atoms with van der Waals surface area (Å²) in [4.78, 5) is 46.3. The van der Waals surface area contributed by atoms with Gasteiger partial charge in [-0.05, 0) is 18.9 Å². The molecule has 0 spiro atoms. The minimum Gasteiger partial charge on any atom is -0.477 e. The van der Waals surface area contributed by atoms with Gasteiger partial charge in [0, 0.05) is 25.7 Å². The third-order valence-electron chi connectivity index (χ3n) is 5.15. The van der Waals surface area contributed by atoms with E-state index in [4.69, 9.17) is 4.84 Å². The lowest BCUT2D eigenvalue weighted by atomic mass is 10.2. The number of rotatable bonds is 5. The molecule has 0 radical (unpaired) electrons. The summed E-state index contributed by atoms with van der Waals surface area (Å²) in [5, 5.41) is 15.9. The van der Waals surface area contributed by atoms with Crippen LogP contribution in [0.4, 0.5) is 10.2 Å². The highest BCUT2D eigenvalue weighted by molar-refractivity contribution is 5.99. The van der Waals surface area contributed by atoms with E-state index < -0.39 is 28.8 Å². The molecular weight excluding hydrogens is 397 g/mol. The van der Waals surface area contributed by atoms with Gasteiger partial charge in [-0.2, -0.15) is 0 Å². The second-order valence-electron chi connectivity index (χ2n) is 7.38. The van der Waals surface area contributed by atoms with Gasteiger partial charge in [-0.25, -0.2) is 14.2 Å². The van der Waals surface area contributed by atoms with E-state index in [0.717, 1.165) is 18.9 Å². The highest BCUT2D eigenvalue weighted by Crippen LogP contribution is 2.37. The van der Waals surface area contributed by atoms with Crippen LogP contribution in [0.5, 0.6) is 0 Å². The van der Waals surface area contributed by atoms with E-state index in [1.807, 2.05) is 0 Å². The Balaban J connectivity index is 1.82. The number of anilines is 1. The highest BCUT2D eigenvalue weighted by Gasteiger charge is 2.34. The van der Waals surface area contributed by atoms with Crippen LogP contribution in [0.3, 0.4) is 0 Å². The number of fused-ring (bicyclic) bond motifs is 1. The molecule has 2 N–H and O–H groups in total. The zero-order valence-electron chi connectivity index (χ0n) is 16.4. The molecule has 2 aromatic rings. The van der Waals surface area contributed by atoms with Crippen molar-refractivity contribution in [3.63, 3.8) is 0 Å². The molecular formula is C19H20FN5O5. The van der Waals surface area contributed by atoms with Crippen LogP contribution < -0.4 is 15.6 Å². The van der Waals surface area contributed by atoms with Crippen molar-refractivity contribution in [2.24, 2.45) is 5.16 Å². The van der Waals surface area contributed by atoms with Crippen molar-refractivity contribution in [2.45, 2.75) is 31.8 Å². The monoisotopic (exact) mass is 417 g/mol. The van der Waals surface area contributed by atoms with E-state index in [9.17, 15) is 23.9 Å². The number of aromatic nitrogens is 2. The van der Waals surface area contributed by atoms with Crippen LogP contribution in [-0.2, 0) is 9.63 Å². The lowest BCUT2D eigenvalue weighted by Gasteiger charge is -2.19. The van der Waals surface area contributed by atoms with Crippen molar-refractivity contribution >= 4 is 34.4 Å². The fourth-order valence-corrected chi connectivity index (χ4v) is 3.68. The smallest absolute Gasteiger partial charge is 0.341 e. The van der Waals surface area contributed by atoms with E-state index in [2.05, 4.69) is 15.5 Å². The number of hydrogen-bond donors (Lipinski definition) is 2. The number of carboxylic acids is 1. The molecule has 1 saturated carbocycles. The Bertz CT molecular complexity index is 1140. The molecule has 1 amide bonds. The second kappa shape index (κ2) is 7.39. The molecule has 0 bridgehead atoms. The second-order valence-corrected chi connectivity index (χ2v) is 7.38. The van der Waals surface area contributed by atoms with Gasteiger partial charge in [0.05, 0.1) is 18.0 Å². The Hall–Kier alpha value is -3.50. The average molecular weight is 417 g/mol. The molecule has 10 nitrogen and oxygen atoms in total. The van der Waals surface area contributed by atoms with Gasteiger partial charge in [-0.15, -0.1) is 0 Å². The van der Waals surface area contributed by atoms with Crippen LogP contribution in [0.25, 0.3) is 11.0 Å². The zero-order valence-corrected chi connectivity index (χ0v) is 16.4. The molecule has 2 fully saturated rings. The lowest BCUT2D eigenvalue weighted by Crippen LogP contribution is -2.39. The molecule has 0 aromatic carbocycles. The highest BCUT2D eigenvalue weighted by atomic mass is 19.1. The number of carboxylic acid groups (broad SMARTS) is 1. The van der Waals surface area contributed by atoms with Gasteiger partial charge >= 0.3 is 5.97 Å². The van der Waals surface area contributed by atoms with E-state index in [0.29, 0.717) is 5.71 Å². The van der Waals surface area contributed by atoms with Crippen LogP contribution in [0.1, 0.15) is 36.2 Å². The summed E-state index contributed by atoms with van der Waals surface area (Å²) in [6, 6.07) is 0.581. The van der Waals surface area contributed by atoms with Gasteiger partial charge < -0.3 is 24.7 Å². The van der Waals surface area contributed by atoms with Crippen molar-refractivity contribution < 1.29 is 23.9 Å². The number of carbonyl (C=O) groups is 2. The summed E-state index contributed by atoms with van der Waals surface area (Å²) in [5.74, 6) is -2.39. The van der Waals surface area contributed by atoms with Crippen molar-refractivity contribution in [1.29, 1.82) is 0 Å². The predicted octanol–water partition coefficient (Wildman–Crippen LogP) is 0.896. The molecule has 3 heterocycles. The predicted molar refractivity (Wildman–Crippen MR) is 105 cm³/mol. The first-order valence-corrected chi connectivity index (χ1v) is 9.40. The molecule has 30 heavy (non-hydrogen) atoms. The largest absolute Gasteiger partial charge is 0.477 e. The summed E-state index contributed by atoms with van der Waals surface area (Å²) in [6.07, 6.45) is 2.93. The lowest BCUT2D eigenvalue weighted by molar-refractivity contribution is -0.119. The number of amides is 1. The van der Waals surface area contributed by atoms with Gasteiger partial charge in [0.25, 0.3) is 0 Å². The van der Waals surface area contributed by atoms with Crippen LogP contribution >= 0.6 is 0 Å². The Kier molecular flexibility index (Phi) is 4.88. The Morgan fingerprint density at radius 1 is 1.40 bits per heavy atom.